The number of carbonyl (C=O) groups excluding carboxylic acids is 2. The molecule has 0 bridgehead atoms. The molecule has 9 nitrogen and oxygen atoms in total. The number of methoxy groups -OCH3 is 1. The molecule has 0 radical (unpaired) electrons. The summed E-state index contributed by atoms with van der Waals surface area (Å²) in [6.45, 7) is 1.03. The van der Waals surface area contributed by atoms with Crippen LogP contribution in [0.1, 0.15) is 42.5 Å². The van der Waals surface area contributed by atoms with Crippen molar-refractivity contribution < 1.29 is 22.7 Å². The molecule has 10 heteroatoms. The van der Waals surface area contributed by atoms with Gasteiger partial charge in [0.1, 0.15) is 5.75 Å². The number of amides is 2. The van der Waals surface area contributed by atoms with Gasteiger partial charge in [-0.2, -0.15) is 4.31 Å². The van der Waals surface area contributed by atoms with Gasteiger partial charge in [0.05, 0.1) is 29.5 Å². The standard InChI is InChI=1S/C22H28N4O5S/c1-31-20-9-8-18(32(29,30)26-13-4-2-3-5-14-26)15-19(20)22(28)24-12-10-21(27)25-17-7-6-11-23-16-17/h6-9,11,15-16H,2-5,10,12-14H2,1H3,(H,24,28)(H,25,27). The molecule has 1 aromatic heterocycles. The summed E-state index contributed by atoms with van der Waals surface area (Å²) in [5, 5.41) is 5.34. The van der Waals surface area contributed by atoms with E-state index in [9.17, 15) is 18.0 Å². The lowest BCUT2D eigenvalue weighted by Crippen LogP contribution is -2.32. The van der Waals surface area contributed by atoms with Gasteiger partial charge in [0.15, 0.2) is 0 Å². The van der Waals surface area contributed by atoms with Gasteiger partial charge in [-0.1, -0.05) is 12.8 Å². The quantitative estimate of drug-likeness (QED) is 0.625. The van der Waals surface area contributed by atoms with Crippen molar-refractivity contribution in [2.75, 3.05) is 32.1 Å². The zero-order valence-electron chi connectivity index (χ0n) is 18.0. The molecule has 2 heterocycles. The van der Waals surface area contributed by atoms with Crippen LogP contribution in [0.15, 0.2) is 47.6 Å². The predicted molar refractivity (Wildman–Crippen MR) is 120 cm³/mol. The van der Waals surface area contributed by atoms with Crippen molar-refractivity contribution in [1.29, 1.82) is 0 Å². The molecule has 1 aromatic carbocycles. The highest BCUT2D eigenvalue weighted by atomic mass is 32.2. The summed E-state index contributed by atoms with van der Waals surface area (Å²) in [7, 11) is -2.29. The van der Waals surface area contributed by atoms with Crippen LogP contribution in [-0.4, -0.2) is 56.3 Å². The van der Waals surface area contributed by atoms with E-state index in [1.54, 1.807) is 18.3 Å². The number of rotatable bonds is 8. The number of benzene rings is 1. The highest BCUT2D eigenvalue weighted by Gasteiger charge is 2.27. The van der Waals surface area contributed by atoms with Gasteiger partial charge in [-0.05, 0) is 43.2 Å². The first-order valence-corrected chi connectivity index (χ1v) is 12.0. The Morgan fingerprint density at radius 1 is 1.12 bits per heavy atom. The van der Waals surface area contributed by atoms with E-state index < -0.39 is 15.9 Å². The van der Waals surface area contributed by atoms with E-state index in [4.69, 9.17) is 4.74 Å². The van der Waals surface area contributed by atoms with Crippen LogP contribution in [-0.2, 0) is 14.8 Å². The molecule has 2 aromatic rings. The largest absolute Gasteiger partial charge is 0.496 e. The molecule has 2 amide bonds. The SMILES string of the molecule is COc1ccc(S(=O)(=O)N2CCCCCC2)cc1C(=O)NCCC(=O)Nc1cccnc1. The maximum atomic E-state index is 13.1. The molecule has 1 fully saturated rings. The number of carbonyl (C=O) groups is 2. The second-order valence-corrected chi connectivity index (χ2v) is 9.41. The summed E-state index contributed by atoms with van der Waals surface area (Å²) in [4.78, 5) is 28.8. The van der Waals surface area contributed by atoms with Crippen molar-refractivity contribution >= 4 is 27.5 Å². The van der Waals surface area contributed by atoms with E-state index in [1.807, 2.05) is 0 Å². The fraction of sp³-hybridized carbons (Fsp3) is 0.409. The summed E-state index contributed by atoms with van der Waals surface area (Å²) in [5.74, 6) is -0.524. The fourth-order valence-corrected chi connectivity index (χ4v) is 5.04. The third kappa shape index (κ3) is 6.04. The molecule has 32 heavy (non-hydrogen) atoms. The molecular weight excluding hydrogens is 432 g/mol. The van der Waals surface area contributed by atoms with E-state index in [2.05, 4.69) is 15.6 Å². The monoisotopic (exact) mass is 460 g/mol. The van der Waals surface area contributed by atoms with Crippen LogP contribution in [0.4, 0.5) is 5.69 Å². The first-order valence-electron chi connectivity index (χ1n) is 10.6. The van der Waals surface area contributed by atoms with Crippen molar-refractivity contribution in [2.45, 2.75) is 37.0 Å². The molecule has 1 saturated heterocycles. The maximum absolute atomic E-state index is 13.1. The molecule has 0 unspecified atom stereocenters. The molecule has 0 saturated carbocycles. The van der Waals surface area contributed by atoms with E-state index in [0.29, 0.717) is 18.8 Å². The number of hydrogen-bond acceptors (Lipinski definition) is 6. The van der Waals surface area contributed by atoms with E-state index >= 15 is 0 Å². The second-order valence-electron chi connectivity index (χ2n) is 7.48. The molecule has 0 spiro atoms. The van der Waals surface area contributed by atoms with Crippen molar-refractivity contribution in [3.63, 3.8) is 0 Å². The molecule has 0 atom stereocenters. The minimum Gasteiger partial charge on any atom is -0.496 e. The van der Waals surface area contributed by atoms with Crippen LogP contribution in [0.2, 0.25) is 0 Å². The average Bonchev–Trinajstić information content (AvgIpc) is 3.09. The van der Waals surface area contributed by atoms with Gasteiger partial charge in [0.25, 0.3) is 5.91 Å². The Morgan fingerprint density at radius 3 is 2.53 bits per heavy atom. The number of nitrogens with zero attached hydrogens (tertiary/aromatic N) is 2. The Kier molecular flexibility index (Phi) is 8.18. The van der Waals surface area contributed by atoms with Crippen LogP contribution in [0.5, 0.6) is 5.75 Å². The Morgan fingerprint density at radius 2 is 1.88 bits per heavy atom. The lowest BCUT2D eigenvalue weighted by Gasteiger charge is -2.20. The lowest BCUT2D eigenvalue weighted by molar-refractivity contribution is -0.116. The van der Waals surface area contributed by atoms with E-state index in [0.717, 1.165) is 25.7 Å². The van der Waals surface area contributed by atoms with Crippen molar-refractivity contribution in [3.05, 3.63) is 48.3 Å². The first-order chi connectivity index (χ1) is 15.4. The minimum atomic E-state index is -3.71. The smallest absolute Gasteiger partial charge is 0.255 e. The number of ether oxygens (including phenoxy) is 1. The first kappa shape index (κ1) is 23.7. The minimum absolute atomic E-state index is 0.0503. The highest BCUT2D eigenvalue weighted by Crippen LogP contribution is 2.26. The number of nitrogens with one attached hydrogen (secondary N) is 2. The fourth-order valence-electron chi connectivity index (χ4n) is 3.50. The molecule has 1 aliphatic rings. The lowest BCUT2D eigenvalue weighted by atomic mass is 10.2. The van der Waals surface area contributed by atoms with Crippen LogP contribution in [0.25, 0.3) is 0 Å². The Labute approximate surface area is 188 Å². The summed E-state index contributed by atoms with van der Waals surface area (Å²) < 4.78 is 32.9. The van der Waals surface area contributed by atoms with E-state index in [1.165, 1.54) is 35.8 Å². The maximum Gasteiger partial charge on any atom is 0.255 e. The third-order valence-electron chi connectivity index (χ3n) is 5.20. The third-order valence-corrected chi connectivity index (χ3v) is 7.10. The molecule has 2 N–H and O–H groups in total. The van der Waals surface area contributed by atoms with Gasteiger partial charge in [0, 0.05) is 32.3 Å². The zero-order valence-corrected chi connectivity index (χ0v) is 18.9. The topological polar surface area (TPSA) is 118 Å². The molecule has 1 aliphatic heterocycles. The average molecular weight is 461 g/mol. The van der Waals surface area contributed by atoms with Crippen LogP contribution >= 0.6 is 0 Å². The summed E-state index contributed by atoms with van der Waals surface area (Å²) in [5.41, 5.74) is 0.674. The highest BCUT2D eigenvalue weighted by molar-refractivity contribution is 7.89. The number of sulfonamides is 1. The van der Waals surface area contributed by atoms with Gasteiger partial charge in [0.2, 0.25) is 15.9 Å². The van der Waals surface area contributed by atoms with Crippen LogP contribution in [0.3, 0.4) is 0 Å². The zero-order chi connectivity index (χ0) is 23.0. The number of hydrogen-bond donors (Lipinski definition) is 2. The van der Waals surface area contributed by atoms with Crippen molar-refractivity contribution in [2.24, 2.45) is 0 Å². The summed E-state index contributed by atoms with van der Waals surface area (Å²) >= 11 is 0. The number of anilines is 1. The Hall–Kier alpha value is -2.98. The van der Waals surface area contributed by atoms with Gasteiger partial charge in [-0.15, -0.1) is 0 Å². The van der Waals surface area contributed by atoms with Gasteiger partial charge >= 0.3 is 0 Å². The normalized spacial score (nSPS) is 14.9. The summed E-state index contributed by atoms with van der Waals surface area (Å²) in [6, 6.07) is 7.69. The van der Waals surface area contributed by atoms with Gasteiger partial charge in [-0.3, -0.25) is 14.6 Å². The van der Waals surface area contributed by atoms with Crippen molar-refractivity contribution in [3.8, 4) is 5.75 Å². The predicted octanol–water partition coefficient (Wildman–Crippen LogP) is 2.41. The number of aromatic nitrogens is 1. The molecule has 172 valence electrons. The van der Waals surface area contributed by atoms with Gasteiger partial charge < -0.3 is 15.4 Å². The van der Waals surface area contributed by atoms with Crippen LogP contribution in [0, 0.1) is 0 Å². The van der Waals surface area contributed by atoms with Crippen molar-refractivity contribution in [1.82, 2.24) is 14.6 Å². The van der Waals surface area contributed by atoms with Gasteiger partial charge in [-0.25, -0.2) is 8.42 Å². The number of pyridine rings is 1. The second kappa shape index (κ2) is 11.1. The summed E-state index contributed by atoms with van der Waals surface area (Å²) in [6.07, 6.45) is 6.84. The van der Waals surface area contributed by atoms with Crippen LogP contribution < -0.4 is 15.4 Å². The molecular formula is C22H28N4O5S. The molecule has 0 aliphatic carbocycles. The Balaban J connectivity index is 1.66. The Bertz CT molecular complexity index is 1040. The van der Waals surface area contributed by atoms with E-state index in [-0.39, 0.29) is 35.1 Å². The molecule has 3 rings (SSSR count).